The number of aryl methyl sites for hydroxylation is 1. The molecule has 1 aromatic heterocycles. The smallest absolute Gasteiger partial charge is 0.258 e. The van der Waals surface area contributed by atoms with Gasteiger partial charge in [0, 0.05) is 27.5 Å². The van der Waals surface area contributed by atoms with Crippen LogP contribution in [0, 0.1) is 6.92 Å². The molecule has 1 aromatic carbocycles. The molecular formula is C13H12BrNO. The number of aromatic nitrogens is 1. The van der Waals surface area contributed by atoms with Crippen molar-refractivity contribution in [1.29, 1.82) is 0 Å². The van der Waals surface area contributed by atoms with E-state index in [0.717, 1.165) is 28.1 Å². The van der Waals surface area contributed by atoms with Crippen LogP contribution < -0.4 is 5.56 Å². The molecule has 0 unspecified atom stereocenters. The summed E-state index contributed by atoms with van der Waals surface area (Å²) in [5.74, 6) is 0. The topological polar surface area (TPSA) is 22.0 Å². The van der Waals surface area contributed by atoms with Crippen LogP contribution in [0.2, 0.25) is 0 Å². The molecule has 1 saturated carbocycles. The van der Waals surface area contributed by atoms with Crippen molar-refractivity contribution in [3.8, 4) is 0 Å². The van der Waals surface area contributed by atoms with E-state index in [1.165, 1.54) is 5.56 Å². The van der Waals surface area contributed by atoms with Crippen LogP contribution in [-0.4, -0.2) is 4.57 Å². The van der Waals surface area contributed by atoms with Crippen LogP contribution in [0.5, 0.6) is 0 Å². The zero-order chi connectivity index (χ0) is 11.3. The summed E-state index contributed by atoms with van der Waals surface area (Å²) in [4.78, 5) is 12.2. The van der Waals surface area contributed by atoms with Gasteiger partial charge in [0.2, 0.25) is 0 Å². The first-order valence-electron chi connectivity index (χ1n) is 5.48. The lowest BCUT2D eigenvalue weighted by molar-refractivity contribution is 0.712. The molecular weight excluding hydrogens is 266 g/mol. The third kappa shape index (κ3) is 1.50. The minimum atomic E-state index is 0.140. The van der Waals surface area contributed by atoms with E-state index >= 15 is 0 Å². The molecule has 82 valence electrons. The highest BCUT2D eigenvalue weighted by Gasteiger charge is 2.25. The first-order chi connectivity index (χ1) is 7.66. The summed E-state index contributed by atoms with van der Waals surface area (Å²) < 4.78 is 2.87. The predicted molar refractivity (Wildman–Crippen MR) is 68.9 cm³/mol. The number of nitrogens with zero attached hydrogens (tertiary/aromatic N) is 1. The van der Waals surface area contributed by atoms with Crippen molar-refractivity contribution in [2.75, 3.05) is 0 Å². The van der Waals surface area contributed by atoms with E-state index in [0.29, 0.717) is 6.04 Å². The second-order valence-corrected chi connectivity index (χ2v) is 5.32. The molecule has 0 atom stereocenters. The molecule has 0 amide bonds. The van der Waals surface area contributed by atoms with Gasteiger partial charge >= 0.3 is 0 Å². The molecule has 1 aliphatic carbocycles. The first-order valence-corrected chi connectivity index (χ1v) is 6.27. The van der Waals surface area contributed by atoms with Crippen molar-refractivity contribution in [3.63, 3.8) is 0 Å². The van der Waals surface area contributed by atoms with E-state index in [1.54, 1.807) is 0 Å². The molecule has 1 fully saturated rings. The number of hydrogen-bond acceptors (Lipinski definition) is 1. The Hall–Kier alpha value is -1.09. The quantitative estimate of drug-likeness (QED) is 0.783. The van der Waals surface area contributed by atoms with E-state index in [2.05, 4.69) is 22.0 Å². The molecule has 0 spiro atoms. The Morgan fingerprint density at radius 3 is 2.75 bits per heavy atom. The largest absolute Gasteiger partial charge is 0.311 e. The van der Waals surface area contributed by atoms with Crippen LogP contribution in [0.15, 0.2) is 33.7 Å². The number of hydrogen-bond donors (Lipinski definition) is 0. The maximum absolute atomic E-state index is 12.2. The van der Waals surface area contributed by atoms with Crippen LogP contribution in [0.1, 0.15) is 24.4 Å². The van der Waals surface area contributed by atoms with Crippen LogP contribution in [-0.2, 0) is 0 Å². The Morgan fingerprint density at radius 1 is 1.31 bits per heavy atom. The highest BCUT2D eigenvalue weighted by atomic mass is 79.9. The van der Waals surface area contributed by atoms with Gasteiger partial charge in [-0.1, -0.05) is 17.7 Å². The lowest BCUT2D eigenvalue weighted by Crippen LogP contribution is -2.18. The lowest BCUT2D eigenvalue weighted by atomic mass is 10.1. The molecule has 0 saturated heterocycles. The van der Waals surface area contributed by atoms with Crippen LogP contribution in [0.25, 0.3) is 10.8 Å². The summed E-state index contributed by atoms with van der Waals surface area (Å²) in [5, 5.41) is 1.83. The van der Waals surface area contributed by atoms with Crippen LogP contribution in [0.3, 0.4) is 0 Å². The van der Waals surface area contributed by atoms with Crippen molar-refractivity contribution in [3.05, 3.63) is 44.8 Å². The SMILES string of the molecule is Cc1ccc2c(=O)n(C3CC3)cc(Br)c2c1. The molecule has 0 N–H and O–H groups in total. The van der Waals surface area contributed by atoms with Gasteiger partial charge < -0.3 is 4.57 Å². The predicted octanol–water partition coefficient (Wildman–Crippen LogP) is 3.41. The van der Waals surface area contributed by atoms with Crippen LogP contribution in [0.4, 0.5) is 0 Å². The third-order valence-corrected chi connectivity index (χ3v) is 3.72. The van der Waals surface area contributed by atoms with Gasteiger partial charge in [0.15, 0.2) is 0 Å². The van der Waals surface area contributed by atoms with Gasteiger partial charge in [0.1, 0.15) is 0 Å². The molecule has 3 heteroatoms. The number of fused-ring (bicyclic) bond motifs is 1. The van der Waals surface area contributed by atoms with E-state index < -0.39 is 0 Å². The fraction of sp³-hybridized carbons (Fsp3) is 0.308. The molecule has 3 rings (SSSR count). The summed E-state index contributed by atoms with van der Waals surface area (Å²) in [5.41, 5.74) is 1.32. The maximum Gasteiger partial charge on any atom is 0.258 e. The van der Waals surface area contributed by atoms with E-state index in [-0.39, 0.29) is 5.56 Å². The minimum Gasteiger partial charge on any atom is -0.311 e. The van der Waals surface area contributed by atoms with Crippen molar-refractivity contribution >= 4 is 26.7 Å². The van der Waals surface area contributed by atoms with Gasteiger partial charge in [-0.2, -0.15) is 0 Å². The zero-order valence-corrected chi connectivity index (χ0v) is 10.6. The van der Waals surface area contributed by atoms with Gasteiger partial charge in [-0.25, -0.2) is 0 Å². The summed E-state index contributed by atoms with van der Waals surface area (Å²) in [6.45, 7) is 2.04. The number of pyridine rings is 1. The Bertz CT molecular complexity index is 626. The molecule has 16 heavy (non-hydrogen) atoms. The second-order valence-electron chi connectivity index (χ2n) is 4.47. The average molecular weight is 278 g/mol. The van der Waals surface area contributed by atoms with Gasteiger partial charge in [0.25, 0.3) is 5.56 Å². The molecule has 0 aliphatic heterocycles. The Kier molecular flexibility index (Phi) is 2.18. The molecule has 1 aliphatic rings. The highest BCUT2D eigenvalue weighted by molar-refractivity contribution is 9.10. The Balaban J connectivity index is 2.39. The van der Waals surface area contributed by atoms with E-state index in [1.807, 2.05) is 29.8 Å². The fourth-order valence-corrected chi connectivity index (χ4v) is 2.60. The monoisotopic (exact) mass is 277 g/mol. The summed E-state index contributed by atoms with van der Waals surface area (Å²) in [6.07, 6.45) is 4.19. The minimum absolute atomic E-state index is 0.140. The summed E-state index contributed by atoms with van der Waals surface area (Å²) >= 11 is 3.55. The van der Waals surface area contributed by atoms with Gasteiger partial charge in [-0.3, -0.25) is 4.79 Å². The standard InChI is InChI=1S/C13H12BrNO/c1-8-2-5-10-11(6-8)12(14)7-15(13(10)16)9-3-4-9/h2,5-7,9H,3-4H2,1H3. The summed E-state index contributed by atoms with van der Waals surface area (Å²) in [6, 6.07) is 6.40. The third-order valence-electron chi connectivity index (χ3n) is 3.09. The maximum atomic E-state index is 12.2. The molecule has 2 nitrogen and oxygen atoms in total. The van der Waals surface area contributed by atoms with Gasteiger partial charge in [0.05, 0.1) is 0 Å². The van der Waals surface area contributed by atoms with Crippen molar-refractivity contribution in [2.24, 2.45) is 0 Å². The summed E-state index contributed by atoms with van der Waals surface area (Å²) in [7, 11) is 0. The first kappa shape index (κ1) is 10.1. The highest BCUT2D eigenvalue weighted by Crippen LogP contribution is 2.35. The number of benzene rings is 1. The zero-order valence-electron chi connectivity index (χ0n) is 9.03. The van der Waals surface area contributed by atoms with Gasteiger partial charge in [-0.05, 0) is 41.8 Å². The molecule has 0 radical (unpaired) electrons. The molecule has 2 aromatic rings. The number of halogens is 1. The second kappa shape index (κ2) is 3.45. The molecule has 0 bridgehead atoms. The average Bonchev–Trinajstić information content (AvgIpc) is 3.07. The Morgan fingerprint density at radius 2 is 2.06 bits per heavy atom. The Labute approximate surface area is 102 Å². The normalized spacial score (nSPS) is 15.6. The van der Waals surface area contributed by atoms with E-state index in [9.17, 15) is 4.79 Å². The van der Waals surface area contributed by atoms with Crippen LogP contribution >= 0.6 is 15.9 Å². The van der Waals surface area contributed by atoms with Crippen molar-refractivity contribution in [1.82, 2.24) is 4.57 Å². The van der Waals surface area contributed by atoms with E-state index in [4.69, 9.17) is 0 Å². The molecule has 1 heterocycles. The fourth-order valence-electron chi connectivity index (χ4n) is 2.06. The van der Waals surface area contributed by atoms with Gasteiger partial charge in [-0.15, -0.1) is 0 Å². The van der Waals surface area contributed by atoms with Crippen molar-refractivity contribution < 1.29 is 0 Å². The van der Waals surface area contributed by atoms with Crippen molar-refractivity contribution in [2.45, 2.75) is 25.8 Å². The number of rotatable bonds is 1. The lowest BCUT2D eigenvalue weighted by Gasteiger charge is -2.08.